The first-order valence-electron chi connectivity index (χ1n) is 21.1. The number of ether oxygens (including phenoxy) is 2. The average Bonchev–Trinajstić information content (AvgIpc) is 3.13. The summed E-state index contributed by atoms with van der Waals surface area (Å²) in [5, 5.41) is 0. The minimum Gasteiger partial charge on any atom is -0.462 e. The van der Waals surface area contributed by atoms with E-state index < -0.39 is 32.5 Å². The van der Waals surface area contributed by atoms with Gasteiger partial charge in [0.2, 0.25) is 0 Å². The topological polar surface area (TPSA) is 119 Å². The van der Waals surface area contributed by atoms with Gasteiger partial charge in [0.25, 0.3) is 0 Å². The highest BCUT2D eigenvalue weighted by Gasteiger charge is 2.22. The van der Waals surface area contributed by atoms with Crippen LogP contribution in [0.1, 0.15) is 187 Å². The molecule has 0 aromatic heterocycles. The molecule has 0 rings (SSSR count). The fourth-order valence-electron chi connectivity index (χ4n) is 5.59. The Balaban J connectivity index is 4.02. The van der Waals surface area contributed by atoms with Crippen LogP contribution in [0.5, 0.6) is 0 Å². The fraction of sp³-hybridized carbons (Fsp3) is 0.727. The Morgan fingerprint density at radius 2 is 0.849 bits per heavy atom. The van der Waals surface area contributed by atoms with Crippen molar-refractivity contribution in [2.75, 3.05) is 13.2 Å². The number of carbonyl (C=O) groups excluding carboxylic acids is 2. The Morgan fingerprint density at radius 1 is 0.491 bits per heavy atom. The predicted octanol–water partition coefficient (Wildman–Crippen LogP) is 12.9. The van der Waals surface area contributed by atoms with Crippen LogP contribution >= 0.6 is 7.82 Å². The molecule has 0 radical (unpaired) electrons. The van der Waals surface area contributed by atoms with Crippen LogP contribution in [0.2, 0.25) is 0 Å². The van der Waals surface area contributed by atoms with Crippen LogP contribution in [0.15, 0.2) is 60.8 Å². The van der Waals surface area contributed by atoms with Crippen LogP contribution in [0.4, 0.5) is 0 Å². The monoisotopic (exact) mass is 765 g/mol. The molecule has 0 saturated carbocycles. The molecule has 8 nitrogen and oxygen atoms in total. The van der Waals surface area contributed by atoms with Gasteiger partial charge in [-0.2, -0.15) is 0 Å². The quantitative estimate of drug-likeness (QED) is 0.0276. The zero-order valence-corrected chi connectivity index (χ0v) is 34.5. The van der Waals surface area contributed by atoms with Gasteiger partial charge in [0.05, 0.1) is 6.61 Å². The minimum absolute atomic E-state index is 0.171. The molecule has 53 heavy (non-hydrogen) atoms. The van der Waals surface area contributed by atoms with Gasteiger partial charge >= 0.3 is 19.8 Å². The van der Waals surface area contributed by atoms with Gasteiger partial charge in [-0.1, -0.05) is 152 Å². The average molecular weight is 765 g/mol. The lowest BCUT2D eigenvalue weighted by molar-refractivity contribution is -0.161. The summed E-state index contributed by atoms with van der Waals surface area (Å²) in [5.74, 6) is -0.932. The SMILES string of the molecule is CCCCC/C=C\C/C=C\C/C=C\C/C=C\CCCCCC(=O)O[C@H](COC(=O)CCCCCCC/C=C\CCCCCCCCC)COP(=O)(O)O. The van der Waals surface area contributed by atoms with E-state index in [0.29, 0.717) is 12.8 Å². The third kappa shape index (κ3) is 42.4. The summed E-state index contributed by atoms with van der Waals surface area (Å²) in [6.45, 7) is 3.62. The molecule has 0 aromatic carbocycles. The lowest BCUT2D eigenvalue weighted by Gasteiger charge is -2.18. The first-order chi connectivity index (χ1) is 25.8. The highest BCUT2D eigenvalue weighted by molar-refractivity contribution is 7.46. The fourth-order valence-corrected chi connectivity index (χ4v) is 5.95. The van der Waals surface area contributed by atoms with Crippen molar-refractivity contribution in [2.24, 2.45) is 0 Å². The summed E-state index contributed by atoms with van der Waals surface area (Å²) in [5.41, 5.74) is 0. The molecule has 1 atom stereocenters. The van der Waals surface area contributed by atoms with Gasteiger partial charge in [0, 0.05) is 12.8 Å². The number of hydrogen-bond donors (Lipinski definition) is 2. The van der Waals surface area contributed by atoms with Crippen molar-refractivity contribution in [1.29, 1.82) is 0 Å². The molecule has 0 aromatic rings. The van der Waals surface area contributed by atoms with Gasteiger partial charge < -0.3 is 19.3 Å². The van der Waals surface area contributed by atoms with Gasteiger partial charge in [-0.05, 0) is 83.5 Å². The number of carbonyl (C=O) groups is 2. The van der Waals surface area contributed by atoms with Crippen molar-refractivity contribution in [3.05, 3.63) is 60.8 Å². The second kappa shape index (κ2) is 39.4. The van der Waals surface area contributed by atoms with Gasteiger partial charge in [0.1, 0.15) is 6.61 Å². The molecule has 0 heterocycles. The largest absolute Gasteiger partial charge is 0.469 e. The highest BCUT2D eigenvalue weighted by atomic mass is 31.2. The molecular weight excluding hydrogens is 687 g/mol. The van der Waals surface area contributed by atoms with Gasteiger partial charge in [-0.15, -0.1) is 0 Å². The normalized spacial score (nSPS) is 13.1. The second-order valence-electron chi connectivity index (χ2n) is 14.0. The maximum Gasteiger partial charge on any atom is 0.469 e. The molecule has 0 fully saturated rings. The summed E-state index contributed by atoms with van der Waals surface area (Å²) < 4.78 is 26.4. The first-order valence-corrected chi connectivity index (χ1v) is 22.6. The lowest BCUT2D eigenvalue weighted by Crippen LogP contribution is -2.29. The van der Waals surface area contributed by atoms with Gasteiger partial charge in [0.15, 0.2) is 6.10 Å². The molecule has 0 aliphatic rings. The number of hydrogen-bond acceptors (Lipinski definition) is 6. The van der Waals surface area contributed by atoms with Crippen LogP contribution in [0.25, 0.3) is 0 Å². The standard InChI is InChI=1S/C44H77O8P/c1-3-5-7-9-11-13-15-17-19-21-22-23-25-27-29-31-33-35-37-39-44(46)52-42(41-51-53(47,48)49)40-50-43(45)38-36-34-32-30-28-26-24-20-18-16-14-12-10-8-6-4-2/h11,13,17,19-20,22-24,27,29,42H,3-10,12,14-16,18,21,25-26,28,30-41H2,1-2H3,(H2,47,48,49)/b13-11-,19-17-,23-22-,24-20-,29-27-/t42-/m1/s1. The summed E-state index contributed by atoms with van der Waals surface area (Å²) in [6.07, 6.45) is 49.4. The number of phosphoric ester groups is 1. The Bertz CT molecular complexity index is 1040. The van der Waals surface area contributed by atoms with E-state index in [-0.39, 0.29) is 19.4 Å². The van der Waals surface area contributed by atoms with Crippen LogP contribution in [-0.2, 0) is 28.2 Å². The lowest BCUT2D eigenvalue weighted by atomic mass is 10.1. The maximum atomic E-state index is 12.4. The minimum atomic E-state index is -4.77. The van der Waals surface area contributed by atoms with E-state index in [1.807, 2.05) is 0 Å². The Hall–Kier alpha value is -2.25. The van der Waals surface area contributed by atoms with Crippen molar-refractivity contribution >= 4 is 19.8 Å². The Labute approximate surface area is 324 Å². The maximum absolute atomic E-state index is 12.4. The number of unbranched alkanes of at least 4 members (excludes halogenated alkanes) is 18. The van der Waals surface area contributed by atoms with Crippen LogP contribution < -0.4 is 0 Å². The molecule has 9 heteroatoms. The molecule has 0 spiro atoms. The molecule has 0 aliphatic carbocycles. The van der Waals surface area contributed by atoms with E-state index >= 15 is 0 Å². The van der Waals surface area contributed by atoms with Crippen LogP contribution in [0, 0.1) is 0 Å². The van der Waals surface area contributed by atoms with E-state index in [4.69, 9.17) is 19.3 Å². The summed E-state index contributed by atoms with van der Waals surface area (Å²) >= 11 is 0. The van der Waals surface area contributed by atoms with Crippen molar-refractivity contribution in [1.82, 2.24) is 0 Å². The smallest absolute Gasteiger partial charge is 0.462 e. The molecule has 2 N–H and O–H groups in total. The number of phosphoric acid groups is 1. The second-order valence-corrected chi connectivity index (χ2v) is 15.2. The Kier molecular flexibility index (Phi) is 37.8. The molecule has 306 valence electrons. The molecular formula is C44H77O8P. The molecule has 0 unspecified atom stereocenters. The van der Waals surface area contributed by atoms with Gasteiger partial charge in [-0.25, -0.2) is 4.57 Å². The number of esters is 2. The zero-order chi connectivity index (χ0) is 38.9. The molecule has 0 bridgehead atoms. The van der Waals surface area contributed by atoms with Crippen molar-refractivity contribution in [2.45, 2.75) is 193 Å². The summed E-state index contributed by atoms with van der Waals surface area (Å²) in [7, 11) is -4.77. The predicted molar refractivity (Wildman–Crippen MR) is 221 cm³/mol. The van der Waals surface area contributed by atoms with Crippen molar-refractivity contribution < 1.29 is 37.9 Å². The zero-order valence-electron chi connectivity index (χ0n) is 33.6. The third-order valence-electron chi connectivity index (χ3n) is 8.76. The van der Waals surface area contributed by atoms with Gasteiger partial charge in [-0.3, -0.25) is 14.1 Å². The Morgan fingerprint density at radius 3 is 1.34 bits per heavy atom. The third-order valence-corrected chi connectivity index (χ3v) is 9.24. The van der Waals surface area contributed by atoms with E-state index in [9.17, 15) is 14.2 Å². The van der Waals surface area contributed by atoms with E-state index in [0.717, 1.165) is 70.6 Å². The van der Waals surface area contributed by atoms with Crippen molar-refractivity contribution in [3.63, 3.8) is 0 Å². The summed E-state index contributed by atoms with van der Waals surface area (Å²) in [4.78, 5) is 42.8. The highest BCUT2D eigenvalue weighted by Crippen LogP contribution is 2.36. The van der Waals surface area contributed by atoms with Crippen LogP contribution in [-0.4, -0.2) is 41.0 Å². The van der Waals surface area contributed by atoms with Crippen molar-refractivity contribution in [3.8, 4) is 0 Å². The summed E-state index contributed by atoms with van der Waals surface area (Å²) in [6, 6.07) is 0. The molecule has 0 saturated heterocycles. The van der Waals surface area contributed by atoms with E-state index in [1.54, 1.807) is 0 Å². The number of rotatable bonds is 38. The van der Waals surface area contributed by atoms with Crippen LogP contribution in [0.3, 0.4) is 0 Å². The van der Waals surface area contributed by atoms with E-state index in [1.165, 1.54) is 77.0 Å². The molecule has 0 aliphatic heterocycles. The molecule has 0 amide bonds. The van der Waals surface area contributed by atoms with E-state index in [2.05, 4.69) is 79.1 Å². The number of allylic oxidation sites excluding steroid dienone is 10. The first kappa shape index (κ1) is 50.8.